The minimum Gasteiger partial charge on any atom is -0.352 e. The summed E-state index contributed by atoms with van der Waals surface area (Å²) < 4.78 is 39.9. The van der Waals surface area contributed by atoms with Gasteiger partial charge in [-0.25, -0.2) is 9.78 Å². The lowest BCUT2D eigenvalue weighted by molar-refractivity contribution is -0.137. The third-order valence-electron chi connectivity index (χ3n) is 5.11. The van der Waals surface area contributed by atoms with Crippen molar-refractivity contribution in [1.82, 2.24) is 9.88 Å². The molecule has 0 aliphatic carbocycles. The smallest absolute Gasteiger partial charge is 0.352 e. The molecule has 1 aliphatic rings. The van der Waals surface area contributed by atoms with Gasteiger partial charge in [-0.15, -0.1) is 0 Å². The zero-order valence-corrected chi connectivity index (χ0v) is 16.7. The third-order valence-corrected chi connectivity index (χ3v) is 5.11. The third kappa shape index (κ3) is 4.81. The van der Waals surface area contributed by atoms with Crippen LogP contribution in [0.2, 0.25) is 0 Å². The fourth-order valence-electron chi connectivity index (χ4n) is 3.47. The first-order valence-corrected chi connectivity index (χ1v) is 9.61. The number of anilines is 2. The molecule has 1 atom stereocenters. The Morgan fingerprint density at radius 3 is 2.45 bits per heavy atom. The van der Waals surface area contributed by atoms with Crippen molar-refractivity contribution >= 4 is 17.5 Å². The lowest BCUT2D eigenvalue weighted by Gasteiger charge is -2.40. The van der Waals surface area contributed by atoms with Crippen molar-refractivity contribution in [2.75, 3.05) is 29.9 Å². The molecule has 1 aromatic heterocycles. The topological polar surface area (TPSA) is 48.5 Å². The number of nitrogens with one attached hydrogen (secondary N) is 1. The van der Waals surface area contributed by atoms with Gasteiger partial charge in [0, 0.05) is 37.6 Å². The number of pyridine rings is 1. The number of carbonyl (C=O) groups is 1. The second-order valence-corrected chi connectivity index (χ2v) is 7.57. The molecule has 0 radical (unpaired) electrons. The van der Waals surface area contributed by atoms with E-state index in [0.29, 0.717) is 18.2 Å². The van der Waals surface area contributed by atoms with E-state index in [1.165, 1.54) is 17.8 Å². The van der Waals surface area contributed by atoms with Gasteiger partial charge in [0.1, 0.15) is 5.82 Å². The van der Waals surface area contributed by atoms with Gasteiger partial charge < -0.3 is 15.1 Å². The Morgan fingerprint density at radius 2 is 1.86 bits per heavy atom. The zero-order valence-electron chi connectivity index (χ0n) is 16.7. The Bertz CT molecular complexity index is 852. The first-order chi connectivity index (χ1) is 13.7. The molecule has 2 amide bonds. The van der Waals surface area contributed by atoms with E-state index in [9.17, 15) is 18.0 Å². The Kier molecular flexibility index (Phi) is 6.00. The van der Waals surface area contributed by atoms with Crippen LogP contribution in [-0.4, -0.2) is 41.6 Å². The summed E-state index contributed by atoms with van der Waals surface area (Å²) in [5.41, 5.74) is 1.12. The van der Waals surface area contributed by atoms with Crippen molar-refractivity contribution in [3.8, 4) is 0 Å². The summed E-state index contributed by atoms with van der Waals surface area (Å²) in [6.07, 6.45) is -3.11. The summed E-state index contributed by atoms with van der Waals surface area (Å²) in [4.78, 5) is 19.9. The summed E-state index contributed by atoms with van der Waals surface area (Å²) in [5, 5.41) is 2.87. The number of benzene rings is 1. The van der Waals surface area contributed by atoms with Crippen molar-refractivity contribution in [1.29, 1.82) is 0 Å². The number of hydrogen-bond donors (Lipinski definition) is 1. The molecule has 1 saturated heterocycles. The van der Waals surface area contributed by atoms with E-state index in [0.717, 1.165) is 6.07 Å². The molecule has 156 valence electrons. The first kappa shape index (κ1) is 21.0. The van der Waals surface area contributed by atoms with Crippen LogP contribution in [-0.2, 0) is 6.18 Å². The van der Waals surface area contributed by atoms with Crippen molar-refractivity contribution < 1.29 is 18.0 Å². The number of halogens is 3. The maximum atomic E-state index is 13.3. The molecule has 0 spiro atoms. The fourth-order valence-corrected chi connectivity index (χ4v) is 3.47. The molecule has 29 heavy (non-hydrogen) atoms. The quantitative estimate of drug-likeness (QED) is 0.783. The largest absolute Gasteiger partial charge is 0.419 e. The highest BCUT2D eigenvalue weighted by Gasteiger charge is 2.37. The van der Waals surface area contributed by atoms with Crippen LogP contribution in [0.25, 0.3) is 0 Å². The van der Waals surface area contributed by atoms with Gasteiger partial charge in [-0.05, 0) is 42.7 Å². The van der Waals surface area contributed by atoms with Crippen LogP contribution in [0, 0.1) is 0 Å². The second-order valence-electron chi connectivity index (χ2n) is 7.57. The van der Waals surface area contributed by atoms with Crippen molar-refractivity contribution in [2.45, 2.75) is 38.9 Å². The van der Waals surface area contributed by atoms with Crippen LogP contribution in [0.1, 0.15) is 37.8 Å². The van der Waals surface area contributed by atoms with Gasteiger partial charge in [-0.3, -0.25) is 0 Å². The Hall–Kier alpha value is -2.77. The van der Waals surface area contributed by atoms with E-state index in [1.807, 2.05) is 31.2 Å². The predicted molar refractivity (Wildman–Crippen MR) is 107 cm³/mol. The van der Waals surface area contributed by atoms with Crippen LogP contribution in [0.3, 0.4) is 0 Å². The number of urea groups is 1. The average molecular weight is 406 g/mol. The monoisotopic (exact) mass is 406 g/mol. The van der Waals surface area contributed by atoms with Gasteiger partial charge in [0.05, 0.1) is 5.56 Å². The van der Waals surface area contributed by atoms with Crippen LogP contribution in [0.4, 0.5) is 29.5 Å². The molecule has 5 nitrogen and oxygen atoms in total. The number of hydrogen-bond acceptors (Lipinski definition) is 3. The van der Waals surface area contributed by atoms with Crippen LogP contribution < -0.4 is 10.2 Å². The highest BCUT2D eigenvalue weighted by Crippen LogP contribution is 2.35. The molecule has 0 saturated carbocycles. The fraction of sp³-hybridized carbons (Fsp3) is 0.429. The molecular formula is C21H25F3N4O. The van der Waals surface area contributed by atoms with Gasteiger partial charge in [0.15, 0.2) is 0 Å². The summed E-state index contributed by atoms with van der Waals surface area (Å²) in [6.45, 7) is 6.89. The van der Waals surface area contributed by atoms with Crippen molar-refractivity contribution in [2.24, 2.45) is 0 Å². The minimum absolute atomic E-state index is 0.0869. The molecule has 0 bridgehead atoms. The maximum absolute atomic E-state index is 13.3. The molecule has 1 aliphatic heterocycles. The Balaban J connectivity index is 1.67. The zero-order chi connectivity index (χ0) is 21.2. The number of rotatable bonds is 3. The maximum Gasteiger partial charge on any atom is 0.419 e. The van der Waals surface area contributed by atoms with Gasteiger partial charge in [-0.1, -0.05) is 26.0 Å². The number of carbonyl (C=O) groups excluding carboxylic acids is 1. The molecule has 3 rings (SSSR count). The number of aromatic nitrogens is 1. The Morgan fingerprint density at radius 1 is 1.17 bits per heavy atom. The van der Waals surface area contributed by atoms with Gasteiger partial charge >= 0.3 is 12.2 Å². The standard InChI is InChI=1S/C21H25F3N4O/c1-14(2)16-6-8-17(9-7-16)26-20(29)28-12-11-27(13-15(28)3)19-18(21(22,23)24)5-4-10-25-19/h4-10,14-15H,11-13H2,1-3H3,(H,26,29)/t15-/m1/s1. The van der Waals surface area contributed by atoms with Gasteiger partial charge in [0.2, 0.25) is 0 Å². The van der Waals surface area contributed by atoms with E-state index in [2.05, 4.69) is 24.1 Å². The van der Waals surface area contributed by atoms with Crippen molar-refractivity contribution in [3.63, 3.8) is 0 Å². The number of piperazine rings is 1. The van der Waals surface area contributed by atoms with E-state index in [4.69, 9.17) is 0 Å². The first-order valence-electron chi connectivity index (χ1n) is 9.61. The molecule has 1 N–H and O–H groups in total. The number of amides is 2. The van der Waals surface area contributed by atoms with Crippen LogP contribution >= 0.6 is 0 Å². The number of nitrogens with zero attached hydrogens (tertiary/aromatic N) is 3. The lowest BCUT2D eigenvalue weighted by Crippen LogP contribution is -2.55. The van der Waals surface area contributed by atoms with E-state index >= 15 is 0 Å². The molecule has 2 aromatic rings. The summed E-state index contributed by atoms with van der Waals surface area (Å²) in [5.74, 6) is 0.317. The molecular weight excluding hydrogens is 381 g/mol. The molecule has 8 heteroatoms. The minimum atomic E-state index is -4.47. The molecule has 1 fully saturated rings. The van der Waals surface area contributed by atoms with E-state index < -0.39 is 11.7 Å². The van der Waals surface area contributed by atoms with Gasteiger partial charge in [0.25, 0.3) is 0 Å². The highest BCUT2D eigenvalue weighted by molar-refractivity contribution is 5.89. The second kappa shape index (κ2) is 8.31. The van der Waals surface area contributed by atoms with Crippen molar-refractivity contribution in [3.05, 3.63) is 53.7 Å². The normalized spacial score (nSPS) is 17.6. The molecule has 1 aromatic carbocycles. The Labute approximate surface area is 168 Å². The summed E-state index contributed by atoms with van der Waals surface area (Å²) in [6, 6.07) is 9.46. The summed E-state index contributed by atoms with van der Waals surface area (Å²) in [7, 11) is 0. The van der Waals surface area contributed by atoms with Gasteiger partial charge in [-0.2, -0.15) is 13.2 Å². The average Bonchev–Trinajstić information content (AvgIpc) is 2.67. The SMILES string of the molecule is CC(C)c1ccc(NC(=O)N2CCN(c3ncccc3C(F)(F)F)C[C@H]2C)cc1. The van der Waals surface area contributed by atoms with Crippen LogP contribution in [0.5, 0.6) is 0 Å². The molecule has 2 heterocycles. The summed E-state index contributed by atoms with van der Waals surface area (Å²) >= 11 is 0. The number of alkyl halides is 3. The highest BCUT2D eigenvalue weighted by atomic mass is 19.4. The van der Waals surface area contributed by atoms with E-state index in [1.54, 1.807) is 9.80 Å². The molecule has 0 unspecified atom stereocenters. The predicted octanol–water partition coefficient (Wildman–Crippen LogP) is 4.97. The lowest BCUT2D eigenvalue weighted by atomic mass is 10.0. The van der Waals surface area contributed by atoms with E-state index in [-0.39, 0.29) is 31.0 Å². The van der Waals surface area contributed by atoms with Crippen LogP contribution in [0.15, 0.2) is 42.6 Å².